The number of hydrogen-bond donors (Lipinski definition) is 2. The topological polar surface area (TPSA) is 43.7 Å². The molecule has 3 rings (SSSR count). The second-order valence-corrected chi connectivity index (χ2v) is 7.97. The summed E-state index contributed by atoms with van der Waals surface area (Å²) in [5, 5.41) is 21.7. The lowest BCUT2D eigenvalue weighted by molar-refractivity contribution is -0.281. The minimum absolute atomic E-state index is 0.0210. The Balaban J connectivity index is 0.000000704. The molecule has 2 N–H and O–H groups in total. The van der Waals surface area contributed by atoms with Crippen molar-refractivity contribution in [2.75, 3.05) is 13.1 Å². The summed E-state index contributed by atoms with van der Waals surface area (Å²) < 4.78 is 0. The van der Waals surface area contributed by atoms with Crippen LogP contribution in [0.25, 0.3) is 0 Å². The van der Waals surface area contributed by atoms with E-state index < -0.39 is 11.3 Å². The van der Waals surface area contributed by atoms with Crippen LogP contribution in [0.1, 0.15) is 67.2 Å². The van der Waals surface area contributed by atoms with Crippen molar-refractivity contribution in [2.45, 2.75) is 78.6 Å². The van der Waals surface area contributed by atoms with Crippen LogP contribution in [0.15, 0.2) is 0 Å². The van der Waals surface area contributed by atoms with Crippen molar-refractivity contribution >= 4 is 0 Å². The lowest BCUT2D eigenvalue weighted by Crippen LogP contribution is -2.67. The first kappa shape index (κ1) is 16.3. The first-order valence-electron chi connectivity index (χ1n) is 8.37. The number of nitrogens with zero attached hydrogens (tertiary/aromatic N) is 1. The Hall–Kier alpha value is -0.120. The van der Waals surface area contributed by atoms with E-state index in [1.54, 1.807) is 0 Å². The van der Waals surface area contributed by atoms with E-state index in [1.165, 1.54) is 12.8 Å². The molecule has 2 saturated heterocycles. The zero-order valence-corrected chi connectivity index (χ0v) is 14.2. The maximum Gasteiger partial charge on any atom is 0.184 e. The highest BCUT2D eigenvalue weighted by molar-refractivity contribution is 5.24. The van der Waals surface area contributed by atoms with Gasteiger partial charge in [-0.3, -0.25) is 4.90 Å². The Morgan fingerprint density at radius 1 is 1.05 bits per heavy atom. The standard InChI is InChI=1S/C15H27NO2.C2H6/c1-11(2)15(17,18)14-9-13(5-6-13)10-16(14)8-7-12(14,3)4;1-2/h11,17-18H,5-10H2,1-4H3;1-2H3/t14-;/m1./s1. The van der Waals surface area contributed by atoms with Crippen LogP contribution in [0.4, 0.5) is 0 Å². The predicted molar refractivity (Wildman–Crippen MR) is 82.3 cm³/mol. The summed E-state index contributed by atoms with van der Waals surface area (Å²) >= 11 is 0. The normalized spacial score (nSPS) is 34.0. The van der Waals surface area contributed by atoms with E-state index in [9.17, 15) is 10.2 Å². The highest BCUT2D eigenvalue weighted by atomic mass is 16.5. The van der Waals surface area contributed by atoms with Gasteiger partial charge in [-0.1, -0.05) is 41.5 Å². The summed E-state index contributed by atoms with van der Waals surface area (Å²) in [4.78, 5) is 2.40. The molecule has 20 heavy (non-hydrogen) atoms. The van der Waals surface area contributed by atoms with Crippen LogP contribution in [0.2, 0.25) is 0 Å². The Morgan fingerprint density at radius 3 is 2.05 bits per heavy atom. The minimum atomic E-state index is -1.58. The summed E-state index contributed by atoms with van der Waals surface area (Å²) in [7, 11) is 0. The van der Waals surface area contributed by atoms with Crippen LogP contribution in [-0.2, 0) is 0 Å². The van der Waals surface area contributed by atoms with Gasteiger partial charge in [0.1, 0.15) is 0 Å². The van der Waals surface area contributed by atoms with Crippen LogP contribution >= 0.6 is 0 Å². The maximum atomic E-state index is 10.9. The van der Waals surface area contributed by atoms with Crippen LogP contribution in [0.5, 0.6) is 0 Å². The van der Waals surface area contributed by atoms with E-state index in [0.29, 0.717) is 5.41 Å². The van der Waals surface area contributed by atoms with Gasteiger partial charge in [0.05, 0.1) is 5.54 Å². The van der Waals surface area contributed by atoms with E-state index in [4.69, 9.17) is 0 Å². The quantitative estimate of drug-likeness (QED) is 0.766. The first-order valence-corrected chi connectivity index (χ1v) is 8.37. The van der Waals surface area contributed by atoms with E-state index in [-0.39, 0.29) is 11.3 Å². The lowest BCUT2D eigenvalue weighted by Gasteiger charge is -2.52. The zero-order chi connectivity index (χ0) is 15.4. The second kappa shape index (κ2) is 4.69. The van der Waals surface area contributed by atoms with Gasteiger partial charge in [0, 0.05) is 12.5 Å². The predicted octanol–water partition coefficient (Wildman–Crippen LogP) is 3.00. The van der Waals surface area contributed by atoms with Crippen molar-refractivity contribution < 1.29 is 10.2 Å². The zero-order valence-electron chi connectivity index (χ0n) is 14.2. The summed E-state index contributed by atoms with van der Waals surface area (Å²) in [6.07, 6.45) is 4.59. The largest absolute Gasteiger partial charge is 0.364 e. The van der Waals surface area contributed by atoms with Crippen LogP contribution in [0.3, 0.4) is 0 Å². The van der Waals surface area contributed by atoms with E-state index in [2.05, 4.69) is 18.7 Å². The molecule has 0 aromatic heterocycles. The van der Waals surface area contributed by atoms with Gasteiger partial charge in [-0.05, 0) is 43.1 Å². The van der Waals surface area contributed by atoms with E-state index >= 15 is 0 Å². The molecule has 3 fully saturated rings. The van der Waals surface area contributed by atoms with Crippen LogP contribution in [-0.4, -0.2) is 39.5 Å². The third kappa shape index (κ3) is 1.89. The van der Waals surface area contributed by atoms with Crippen LogP contribution < -0.4 is 0 Å². The van der Waals surface area contributed by atoms with Gasteiger partial charge in [-0.25, -0.2) is 0 Å². The summed E-state index contributed by atoms with van der Waals surface area (Å²) in [5.74, 6) is -1.72. The molecule has 3 aliphatic rings. The Kier molecular flexibility index (Phi) is 3.81. The number of aliphatic hydroxyl groups is 2. The molecular weight excluding hydrogens is 250 g/mol. The lowest BCUT2D eigenvalue weighted by atomic mass is 9.63. The summed E-state index contributed by atoms with van der Waals surface area (Å²) in [5.41, 5.74) is -0.0547. The molecule has 2 aliphatic heterocycles. The fourth-order valence-corrected chi connectivity index (χ4v) is 4.66. The van der Waals surface area contributed by atoms with Crippen LogP contribution in [0, 0.1) is 16.7 Å². The van der Waals surface area contributed by atoms with Gasteiger partial charge < -0.3 is 10.2 Å². The Bertz CT molecular complexity index is 371. The van der Waals surface area contributed by atoms with Gasteiger partial charge >= 0.3 is 0 Å². The molecule has 3 heteroatoms. The average molecular weight is 283 g/mol. The third-order valence-corrected chi connectivity index (χ3v) is 6.19. The monoisotopic (exact) mass is 283 g/mol. The SMILES string of the molecule is CC.CC(C)C(O)(O)[C@]12CC3(CC3)CN1CCC2(C)C. The molecule has 1 spiro atoms. The summed E-state index contributed by atoms with van der Waals surface area (Å²) in [6, 6.07) is 0. The molecule has 1 saturated carbocycles. The van der Waals surface area contributed by atoms with Gasteiger partial charge in [-0.15, -0.1) is 0 Å². The van der Waals surface area contributed by atoms with Crippen molar-refractivity contribution in [1.82, 2.24) is 4.90 Å². The minimum Gasteiger partial charge on any atom is -0.364 e. The van der Waals surface area contributed by atoms with Gasteiger partial charge in [0.25, 0.3) is 0 Å². The van der Waals surface area contributed by atoms with Crippen molar-refractivity contribution in [3.05, 3.63) is 0 Å². The number of rotatable bonds is 2. The van der Waals surface area contributed by atoms with Crippen molar-refractivity contribution in [1.29, 1.82) is 0 Å². The molecule has 118 valence electrons. The molecule has 0 radical (unpaired) electrons. The average Bonchev–Trinajstić information content (AvgIpc) is 2.94. The van der Waals surface area contributed by atoms with Crippen molar-refractivity contribution in [2.24, 2.45) is 16.7 Å². The van der Waals surface area contributed by atoms with Gasteiger partial charge in [0.2, 0.25) is 0 Å². The molecule has 1 atom stereocenters. The molecule has 1 aliphatic carbocycles. The molecule has 3 nitrogen and oxygen atoms in total. The highest BCUT2D eigenvalue weighted by Gasteiger charge is 2.73. The van der Waals surface area contributed by atoms with Gasteiger partial charge in [0.15, 0.2) is 5.79 Å². The smallest absolute Gasteiger partial charge is 0.184 e. The molecular formula is C17H33NO2. The third-order valence-electron chi connectivity index (χ3n) is 6.19. The number of hydrogen-bond acceptors (Lipinski definition) is 3. The van der Waals surface area contributed by atoms with Gasteiger partial charge in [-0.2, -0.15) is 0 Å². The molecule has 0 aromatic rings. The highest BCUT2D eigenvalue weighted by Crippen LogP contribution is 2.67. The first-order chi connectivity index (χ1) is 9.17. The van der Waals surface area contributed by atoms with E-state index in [0.717, 1.165) is 25.9 Å². The van der Waals surface area contributed by atoms with Crippen molar-refractivity contribution in [3.8, 4) is 0 Å². The Labute approximate surface area is 124 Å². The van der Waals surface area contributed by atoms with Crippen molar-refractivity contribution in [3.63, 3.8) is 0 Å². The molecule has 0 amide bonds. The fourth-order valence-electron chi connectivity index (χ4n) is 4.66. The number of fused-ring (bicyclic) bond motifs is 1. The molecule has 0 unspecified atom stereocenters. The van der Waals surface area contributed by atoms with E-state index in [1.807, 2.05) is 27.7 Å². The summed E-state index contributed by atoms with van der Waals surface area (Å²) in [6.45, 7) is 14.4. The maximum absolute atomic E-state index is 10.9. The molecule has 0 bridgehead atoms. The fraction of sp³-hybridized carbons (Fsp3) is 1.00. The Morgan fingerprint density at radius 2 is 1.60 bits per heavy atom. The molecule has 0 aromatic carbocycles. The molecule has 2 heterocycles. The second-order valence-electron chi connectivity index (χ2n) is 7.97.